The van der Waals surface area contributed by atoms with Gasteiger partial charge in [-0.1, -0.05) is 25.0 Å². The smallest absolute Gasteiger partial charge is 0.309 e. The fraction of sp³-hybridized carbons (Fsp3) is 0.500. The van der Waals surface area contributed by atoms with Crippen LogP contribution < -0.4 is 16.2 Å². The Balaban J connectivity index is 2.24. The summed E-state index contributed by atoms with van der Waals surface area (Å²) in [6, 6.07) is 3.97. The number of ether oxygens (including phenoxy) is 2. The number of hydrogen-bond acceptors (Lipinski definition) is 5. The lowest BCUT2D eigenvalue weighted by Crippen LogP contribution is -2.32. The summed E-state index contributed by atoms with van der Waals surface area (Å²) in [5.41, 5.74) is 18.4. The molecule has 1 fully saturated rings. The van der Waals surface area contributed by atoms with E-state index in [0.29, 0.717) is 18.8 Å². The molecule has 4 N–H and O–H groups in total. The number of esters is 1. The standard InChI is InChI=1S/C26H38N2O3/c1-6-7-10-17(2)23(15-27)25(28)21-13-14-24(19(4)18(21)3)31-16-20-11-8-9-12-22(20)26(29)30-5/h6,10,13-14,20,22H,1,7-9,11-12,15-16,27-28H2,2-5H3/b17-10-,25-23-/t20-,22+/m1/s1. The molecule has 2 rings (SSSR count). The predicted octanol–water partition coefficient (Wildman–Crippen LogP) is 4.81. The van der Waals surface area contributed by atoms with Crippen molar-refractivity contribution in [2.24, 2.45) is 23.3 Å². The molecule has 0 aliphatic heterocycles. The van der Waals surface area contributed by atoms with Crippen molar-refractivity contribution < 1.29 is 14.3 Å². The van der Waals surface area contributed by atoms with Gasteiger partial charge in [-0.2, -0.15) is 0 Å². The van der Waals surface area contributed by atoms with E-state index in [1.54, 1.807) is 0 Å². The monoisotopic (exact) mass is 426 g/mol. The molecule has 0 radical (unpaired) electrons. The van der Waals surface area contributed by atoms with Crippen molar-refractivity contribution in [1.29, 1.82) is 0 Å². The van der Waals surface area contributed by atoms with Crippen LogP contribution in [0.2, 0.25) is 0 Å². The van der Waals surface area contributed by atoms with Gasteiger partial charge in [-0.05, 0) is 74.4 Å². The fourth-order valence-electron chi connectivity index (χ4n) is 4.34. The Morgan fingerprint density at radius 2 is 1.94 bits per heavy atom. The molecule has 0 saturated heterocycles. The van der Waals surface area contributed by atoms with Gasteiger partial charge >= 0.3 is 5.97 Å². The molecule has 2 atom stereocenters. The zero-order valence-corrected chi connectivity index (χ0v) is 19.5. The largest absolute Gasteiger partial charge is 0.493 e. The third-order valence-corrected chi connectivity index (χ3v) is 6.49. The first-order valence-corrected chi connectivity index (χ1v) is 11.1. The number of nitrogens with two attached hydrogens (primary N) is 2. The quantitative estimate of drug-likeness (QED) is 0.336. The molecule has 1 aromatic carbocycles. The Morgan fingerprint density at radius 1 is 1.23 bits per heavy atom. The second-order valence-electron chi connectivity index (χ2n) is 8.35. The van der Waals surface area contributed by atoms with Crippen LogP contribution in [-0.2, 0) is 9.53 Å². The van der Waals surface area contributed by atoms with Gasteiger partial charge in [0.2, 0.25) is 0 Å². The number of benzene rings is 1. The summed E-state index contributed by atoms with van der Waals surface area (Å²) in [7, 11) is 1.46. The van der Waals surface area contributed by atoms with E-state index < -0.39 is 0 Å². The topological polar surface area (TPSA) is 87.6 Å². The van der Waals surface area contributed by atoms with E-state index >= 15 is 0 Å². The molecule has 0 unspecified atom stereocenters. The van der Waals surface area contributed by atoms with E-state index in [1.807, 2.05) is 32.1 Å². The van der Waals surface area contributed by atoms with Gasteiger partial charge in [0.1, 0.15) is 5.75 Å². The number of carbonyl (C=O) groups is 1. The van der Waals surface area contributed by atoms with Crippen molar-refractivity contribution in [1.82, 2.24) is 0 Å². The summed E-state index contributed by atoms with van der Waals surface area (Å²) in [4.78, 5) is 12.1. The summed E-state index contributed by atoms with van der Waals surface area (Å²) in [6.07, 6.45) is 8.78. The van der Waals surface area contributed by atoms with E-state index in [1.165, 1.54) is 7.11 Å². The predicted molar refractivity (Wildman–Crippen MR) is 128 cm³/mol. The van der Waals surface area contributed by atoms with E-state index in [2.05, 4.69) is 19.6 Å². The van der Waals surface area contributed by atoms with Crippen LogP contribution in [0.4, 0.5) is 0 Å². The highest BCUT2D eigenvalue weighted by atomic mass is 16.5. The minimum absolute atomic E-state index is 0.0737. The van der Waals surface area contributed by atoms with Crippen molar-refractivity contribution in [3.05, 3.63) is 58.7 Å². The van der Waals surface area contributed by atoms with Crippen molar-refractivity contribution in [3.8, 4) is 5.75 Å². The van der Waals surface area contributed by atoms with Crippen molar-refractivity contribution in [3.63, 3.8) is 0 Å². The molecule has 0 amide bonds. The van der Waals surface area contributed by atoms with Crippen LogP contribution in [0.3, 0.4) is 0 Å². The molecule has 0 aromatic heterocycles. The van der Waals surface area contributed by atoms with Gasteiger partial charge in [0, 0.05) is 23.7 Å². The Bertz CT molecular complexity index is 854. The highest BCUT2D eigenvalue weighted by Crippen LogP contribution is 2.33. The van der Waals surface area contributed by atoms with Crippen LogP contribution in [0.1, 0.15) is 55.7 Å². The molecule has 0 heterocycles. The third kappa shape index (κ3) is 6.01. The molecule has 1 aliphatic carbocycles. The maximum atomic E-state index is 12.1. The fourth-order valence-corrected chi connectivity index (χ4v) is 4.34. The first kappa shape index (κ1) is 24.7. The Labute approximate surface area is 187 Å². The number of methoxy groups -OCH3 is 1. The van der Waals surface area contributed by atoms with Gasteiger partial charge in [-0.15, -0.1) is 6.58 Å². The molecule has 5 nitrogen and oxygen atoms in total. The first-order valence-electron chi connectivity index (χ1n) is 11.1. The lowest BCUT2D eigenvalue weighted by Gasteiger charge is -2.29. The van der Waals surface area contributed by atoms with Crippen molar-refractivity contribution >= 4 is 11.7 Å². The van der Waals surface area contributed by atoms with Gasteiger partial charge in [0.25, 0.3) is 0 Å². The molecule has 31 heavy (non-hydrogen) atoms. The summed E-state index contributed by atoms with van der Waals surface area (Å²) in [5, 5.41) is 0. The zero-order valence-electron chi connectivity index (χ0n) is 19.5. The Hall–Kier alpha value is -2.53. The molecular formula is C26H38N2O3. The normalized spacial score (nSPS) is 20.1. The Morgan fingerprint density at radius 3 is 2.58 bits per heavy atom. The highest BCUT2D eigenvalue weighted by molar-refractivity contribution is 5.74. The molecule has 5 heteroatoms. The lowest BCUT2D eigenvalue weighted by atomic mass is 9.79. The van der Waals surface area contributed by atoms with Crippen LogP contribution in [0, 0.1) is 25.7 Å². The molecule has 1 aliphatic rings. The van der Waals surface area contributed by atoms with E-state index in [0.717, 1.165) is 65.7 Å². The SMILES string of the molecule is C=CC/C=C(C)\C(CN)=C(/N)c1ccc(OC[C@H]2CCCC[C@@H]2C(=O)OC)c(C)c1C. The van der Waals surface area contributed by atoms with Gasteiger partial charge in [-0.25, -0.2) is 0 Å². The molecule has 1 saturated carbocycles. The first-order chi connectivity index (χ1) is 14.8. The third-order valence-electron chi connectivity index (χ3n) is 6.49. The summed E-state index contributed by atoms with van der Waals surface area (Å²) in [6.45, 7) is 10.8. The Kier molecular flexibility index (Phi) is 9.38. The summed E-state index contributed by atoms with van der Waals surface area (Å²) in [5.74, 6) is 0.822. The number of carbonyl (C=O) groups excluding carboxylic acids is 1. The van der Waals surface area contributed by atoms with Gasteiger partial charge in [-0.3, -0.25) is 4.79 Å². The molecule has 1 aromatic rings. The molecular weight excluding hydrogens is 388 g/mol. The van der Waals surface area contributed by atoms with E-state index in [4.69, 9.17) is 20.9 Å². The number of rotatable bonds is 9. The van der Waals surface area contributed by atoms with Crippen LogP contribution in [0.5, 0.6) is 5.75 Å². The molecule has 0 bridgehead atoms. The summed E-state index contributed by atoms with van der Waals surface area (Å²) >= 11 is 0. The van der Waals surface area contributed by atoms with E-state index in [-0.39, 0.29) is 17.8 Å². The number of allylic oxidation sites excluding steroid dienone is 2. The molecule has 0 spiro atoms. The highest BCUT2D eigenvalue weighted by Gasteiger charge is 2.32. The summed E-state index contributed by atoms with van der Waals surface area (Å²) < 4.78 is 11.2. The average Bonchev–Trinajstić information content (AvgIpc) is 2.78. The second kappa shape index (κ2) is 11.8. The van der Waals surface area contributed by atoms with E-state index in [9.17, 15) is 4.79 Å². The zero-order chi connectivity index (χ0) is 23.0. The van der Waals surface area contributed by atoms with Crippen LogP contribution in [-0.4, -0.2) is 26.2 Å². The maximum absolute atomic E-state index is 12.1. The average molecular weight is 427 g/mol. The number of hydrogen-bond donors (Lipinski definition) is 2. The maximum Gasteiger partial charge on any atom is 0.309 e. The second-order valence-corrected chi connectivity index (χ2v) is 8.35. The van der Waals surface area contributed by atoms with Crippen molar-refractivity contribution in [2.75, 3.05) is 20.3 Å². The van der Waals surface area contributed by atoms with Crippen molar-refractivity contribution in [2.45, 2.75) is 52.9 Å². The minimum atomic E-state index is -0.122. The lowest BCUT2D eigenvalue weighted by molar-refractivity contribution is -0.149. The van der Waals surface area contributed by atoms with Gasteiger partial charge in [0.05, 0.1) is 19.6 Å². The van der Waals surface area contributed by atoms with Crippen LogP contribution in [0.25, 0.3) is 5.70 Å². The van der Waals surface area contributed by atoms with Crippen LogP contribution >= 0.6 is 0 Å². The van der Waals surface area contributed by atoms with Gasteiger partial charge < -0.3 is 20.9 Å². The molecule has 170 valence electrons. The minimum Gasteiger partial charge on any atom is -0.493 e. The van der Waals surface area contributed by atoms with Crippen LogP contribution in [0.15, 0.2) is 42.0 Å². The van der Waals surface area contributed by atoms with Gasteiger partial charge in [0.15, 0.2) is 0 Å².